The van der Waals surface area contributed by atoms with Crippen LogP contribution in [0.2, 0.25) is 0 Å². The van der Waals surface area contributed by atoms with Gasteiger partial charge in [0.25, 0.3) is 0 Å². The molecule has 0 saturated carbocycles. The van der Waals surface area contributed by atoms with Gasteiger partial charge in [-0.25, -0.2) is 4.99 Å². The lowest BCUT2D eigenvalue weighted by molar-refractivity contribution is -0.130. The van der Waals surface area contributed by atoms with Crippen molar-refractivity contribution in [1.29, 1.82) is 0 Å². The molecule has 26 heavy (non-hydrogen) atoms. The van der Waals surface area contributed by atoms with Crippen LogP contribution in [0, 0.1) is 0 Å². The molecular formula is C18H25IN4O2S. The van der Waals surface area contributed by atoms with Crippen LogP contribution in [-0.2, 0) is 24.2 Å². The Morgan fingerprint density at radius 1 is 1.38 bits per heavy atom. The van der Waals surface area contributed by atoms with Gasteiger partial charge in [-0.15, -0.1) is 35.3 Å². The minimum Gasteiger partial charge on any atom is -0.469 e. The number of guanidine groups is 1. The van der Waals surface area contributed by atoms with Crippen molar-refractivity contribution in [2.75, 3.05) is 26.2 Å². The van der Waals surface area contributed by atoms with Crippen molar-refractivity contribution < 1.29 is 9.21 Å². The molecular weight excluding hydrogens is 463 g/mol. The van der Waals surface area contributed by atoms with Gasteiger partial charge < -0.3 is 20.0 Å². The summed E-state index contributed by atoms with van der Waals surface area (Å²) in [6.45, 7) is 5.11. The van der Waals surface area contributed by atoms with Gasteiger partial charge in [-0.3, -0.25) is 4.79 Å². The lowest BCUT2D eigenvalue weighted by Crippen LogP contribution is -2.40. The lowest BCUT2D eigenvalue weighted by Gasteiger charge is -2.26. The molecule has 2 aromatic heterocycles. The molecule has 0 atom stereocenters. The first-order valence-corrected chi connectivity index (χ1v) is 9.52. The second kappa shape index (κ2) is 10.6. The van der Waals surface area contributed by atoms with Gasteiger partial charge in [-0.05, 0) is 42.5 Å². The van der Waals surface area contributed by atoms with Crippen LogP contribution in [0.1, 0.15) is 23.1 Å². The Morgan fingerprint density at radius 3 is 3.04 bits per heavy atom. The molecule has 8 heteroatoms. The summed E-state index contributed by atoms with van der Waals surface area (Å²) in [6, 6.07) is 5.94. The van der Waals surface area contributed by atoms with E-state index < -0.39 is 0 Å². The van der Waals surface area contributed by atoms with E-state index in [0.29, 0.717) is 19.0 Å². The maximum atomic E-state index is 12.5. The number of carbonyl (C=O) groups excluding carboxylic acids is 1. The average Bonchev–Trinajstić information content (AvgIpc) is 3.30. The third-order valence-corrected chi connectivity index (χ3v) is 5.14. The van der Waals surface area contributed by atoms with Crippen molar-refractivity contribution in [1.82, 2.24) is 15.5 Å². The van der Waals surface area contributed by atoms with Crippen LogP contribution < -0.4 is 10.6 Å². The van der Waals surface area contributed by atoms with Gasteiger partial charge in [-0.1, -0.05) is 0 Å². The molecule has 1 aliphatic heterocycles. The SMILES string of the molecule is CCNC(=NCC(=O)N1CCc2sccc2C1)NCCc1ccco1.I. The molecule has 0 aromatic carbocycles. The third kappa shape index (κ3) is 5.73. The van der Waals surface area contributed by atoms with Crippen molar-refractivity contribution in [3.63, 3.8) is 0 Å². The molecule has 0 unspecified atom stereocenters. The van der Waals surface area contributed by atoms with E-state index in [2.05, 4.69) is 27.1 Å². The van der Waals surface area contributed by atoms with Crippen molar-refractivity contribution in [3.05, 3.63) is 46.0 Å². The number of aliphatic imine (C=N–C) groups is 1. The number of nitrogens with zero attached hydrogens (tertiary/aromatic N) is 2. The monoisotopic (exact) mass is 488 g/mol. The predicted octanol–water partition coefficient (Wildman–Crippen LogP) is 2.64. The molecule has 0 spiro atoms. The Bertz CT molecular complexity index is 715. The van der Waals surface area contributed by atoms with Crippen molar-refractivity contribution >= 4 is 47.2 Å². The predicted molar refractivity (Wildman–Crippen MR) is 115 cm³/mol. The highest BCUT2D eigenvalue weighted by Gasteiger charge is 2.21. The van der Waals surface area contributed by atoms with Crippen molar-refractivity contribution in [2.45, 2.75) is 26.3 Å². The number of nitrogens with one attached hydrogen (secondary N) is 2. The first kappa shape index (κ1) is 20.8. The Morgan fingerprint density at radius 2 is 2.27 bits per heavy atom. The number of hydrogen-bond acceptors (Lipinski definition) is 4. The zero-order valence-electron chi connectivity index (χ0n) is 14.9. The van der Waals surface area contributed by atoms with E-state index in [-0.39, 0.29) is 36.4 Å². The summed E-state index contributed by atoms with van der Waals surface area (Å²) in [6.07, 6.45) is 3.40. The van der Waals surface area contributed by atoms with Crippen LogP contribution in [0.3, 0.4) is 0 Å². The summed E-state index contributed by atoms with van der Waals surface area (Å²) in [4.78, 5) is 20.2. The Labute approximate surface area is 175 Å². The molecule has 1 amide bonds. The highest BCUT2D eigenvalue weighted by atomic mass is 127. The molecule has 3 heterocycles. The van der Waals surface area contributed by atoms with E-state index in [0.717, 1.165) is 31.7 Å². The van der Waals surface area contributed by atoms with E-state index in [1.54, 1.807) is 17.6 Å². The van der Waals surface area contributed by atoms with Crippen LogP contribution in [0.5, 0.6) is 0 Å². The Balaban J connectivity index is 0.00000243. The molecule has 0 fully saturated rings. The maximum absolute atomic E-state index is 12.5. The van der Waals surface area contributed by atoms with Gasteiger partial charge in [-0.2, -0.15) is 0 Å². The molecule has 2 N–H and O–H groups in total. The summed E-state index contributed by atoms with van der Waals surface area (Å²) in [5, 5.41) is 8.51. The standard InChI is InChI=1S/C18H24N4O2S.HI/c1-2-19-18(20-8-5-15-4-3-10-24-15)21-12-17(23)22-9-6-16-14(13-22)7-11-25-16;/h3-4,7,10-11H,2,5-6,8-9,12-13H2,1H3,(H2,19,20,21);1H. The zero-order chi connectivity index (χ0) is 17.5. The van der Waals surface area contributed by atoms with Gasteiger partial charge in [0, 0.05) is 37.5 Å². The molecule has 3 rings (SSSR count). The average molecular weight is 488 g/mol. The number of halogens is 1. The number of fused-ring (bicyclic) bond motifs is 1. The Hall–Kier alpha value is -1.55. The smallest absolute Gasteiger partial charge is 0.244 e. The minimum absolute atomic E-state index is 0. The molecule has 1 aliphatic rings. The van der Waals surface area contributed by atoms with Gasteiger partial charge >= 0.3 is 0 Å². The quantitative estimate of drug-likeness (QED) is 0.373. The second-order valence-electron chi connectivity index (χ2n) is 5.89. The first-order chi connectivity index (χ1) is 12.3. The lowest BCUT2D eigenvalue weighted by atomic mass is 10.1. The molecule has 2 aromatic rings. The summed E-state index contributed by atoms with van der Waals surface area (Å²) >= 11 is 1.78. The summed E-state index contributed by atoms with van der Waals surface area (Å²) in [5.41, 5.74) is 1.28. The fourth-order valence-corrected chi connectivity index (χ4v) is 3.70. The van der Waals surface area contributed by atoms with Crippen LogP contribution in [0.4, 0.5) is 0 Å². The summed E-state index contributed by atoms with van der Waals surface area (Å²) in [7, 11) is 0. The number of amides is 1. The summed E-state index contributed by atoms with van der Waals surface area (Å²) in [5.74, 6) is 1.66. The first-order valence-electron chi connectivity index (χ1n) is 8.64. The fraction of sp³-hybridized carbons (Fsp3) is 0.444. The van der Waals surface area contributed by atoms with E-state index in [9.17, 15) is 4.79 Å². The van der Waals surface area contributed by atoms with Gasteiger partial charge in [0.2, 0.25) is 5.91 Å². The molecule has 0 aliphatic carbocycles. The molecule has 6 nitrogen and oxygen atoms in total. The fourth-order valence-electron chi connectivity index (χ4n) is 2.81. The number of carbonyl (C=O) groups is 1. The highest BCUT2D eigenvalue weighted by Crippen LogP contribution is 2.23. The van der Waals surface area contributed by atoms with E-state index >= 15 is 0 Å². The maximum Gasteiger partial charge on any atom is 0.244 e. The van der Waals surface area contributed by atoms with Crippen molar-refractivity contribution in [2.24, 2.45) is 4.99 Å². The highest BCUT2D eigenvalue weighted by molar-refractivity contribution is 14.0. The van der Waals surface area contributed by atoms with Gasteiger partial charge in [0.05, 0.1) is 6.26 Å². The molecule has 0 bridgehead atoms. The van der Waals surface area contributed by atoms with Crippen LogP contribution in [0.25, 0.3) is 0 Å². The molecule has 142 valence electrons. The van der Waals surface area contributed by atoms with Crippen LogP contribution >= 0.6 is 35.3 Å². The van der Waals surface area contributed by atoms with E-state index in [4.69, 9.17) is 4.42 Å². The van der Waals surface area contributed by atoms with E-state index in [1.165, 1.54) is 10.4 Å². The summed E-state index contributed by atoms with van der Waals surface area (Å²) < 4.78 is 5.31. The Kier molecular flexibility index (Phi) is 8.43. The van der Waals surface area contributed by atoms with E-state index in [1.807, 2.05) is 24.0 Å². The normalized spacial score (nSPS) is 13.7. The molecule has 0 radical (unpaired) electrons. The number of furan rings is 1. The van der Waals surface area contributed by atoms with Gasteiger partial charge in [0.1, 0.15) is 12.3 Å². The van der Waals surface area contributed by atoms with Crippen LogP contribution in [0.15, 0.2) is 39.3 Å². The van der Waals surface area contributed by atoms with Crippen molar-refractivity contribution in [3.8, 4) is 0 Å². The topological polar surface area (TPSA) is 69.9 Å². The number of hydrogen-bond donors (Lipinski definition) is 2. The van der Waals surface area contributed by atoms with Crippen LogP contribution in [-0.4, -0.2) is 42.9 Å². The second-order valence-corrected chi connectivity index (χ2v) is 6.89. The number of thiophene rings is 1. The van der Waals surface area contributed by atoms with Gasteiger partial charge in [0.15, 0.2) is 5.96 Å². The zero-order valence-corrected chi connectivity index (χ0v) is 18.0. The molecule has 0 saturated heterocycles. The third-order valence-electron chi connectivity index (χ3n) is 4.12. The number of rotatable bonds is 6. The largest absolute Gasteiger partial charge is 0.469 e. The minimum atomic E-state index is 0.